The molecular formula is C19H17ClN2O3S. The van der Waals surface area contributed by atoms with E-state index in [4.69, 9.17) is 11.6 Å². The molecule has 0 bridgehead atoms. The van der Waals surface area contributed by atoms with Crippen LogP contribution in [0.1, 0.15) is 35.8 Å². The van der Waals surface area contributed by atoms with Crippen LogP contribution in [0.25, 0.3) is 10.2 Å². The molecule has 1 aromatic heterocycles. The van der Waals surface area contributed by atoms with Crippen molar-refractivity contribution in [2.75, 3.05) is 0 Å². The van der Waals surface area contributed by atoms with Crippen LogP contribution in [-0.2, 0) is 11.2 Å². The lowest BCUT2D eigenvalue weighted by atomic mass is 10.1. The van der Waals surface area contributed by atoms with E-state index in [0.717, 1.165) is 22.2 Å². The van der Waals surface area contributed by atoms with Gasteiger partial charge < -0.3 is 9.67 Å². The van der Waals surface area contributed by atoms with Crippen LogP contribution < -0.4 is 4.80 Å². The number of nitrogens with zero attached hydrogens (tertiary/aromatic N) is 2. The molecule has 1 amide bonds. The first kappa shape index (κ1) is 18.4. The number of aryl methyl sites for hydroxylation is 1. The van der Waals surface area contributed by atoms with E-state index in [9.17, 15) is 14.7 Å². The number of carbonyl (C=O) groups excluding carboxylic acids is 1. The molecule has 26 heavy (non-hydrogen) atoms. The number of fused-ring (bicyclic) bond motifs is 1. The summed E-state index contributed by atoms with van der Waals surface area (Å²) in [5, 5.41) is 9.91. The number of carboxylic acids is 1. The topological polar surface area (TPSA) is 71.7 Å². The van der Waals surface area contributed by atoms with Gasteiger partial charge >= 0.3 is 5.97 Å². The number of aromatic nitrogens is 1. The highest BCUT2D eigenvalue weighted by molar-refractivity contribution is 7.16. The Balaban J connectivity index is 2.21. The van der Waals surface area contributed by atoms with E-state index in [2.05, 4.69) is 11.9 Å². The number of hydrogen-bond acceptors (Lipinski definition) is 3. The van der Waals surface area contributed by atoms with Crippen LogP contribution in [0.5, 0.6) is 0 Å². The largest absolute Gasteiger partial charge is 0.480 e. The fourth-order valence-electron chi connectivity index (χ4n) is 2.64. The number of hydrogen-bond donors (Lipinski definition) is 1. The maximum atomic E-state index is 12.5. The van der Waals surface area contributed by atoms with E-state index < -0.39 is 17.9 Å². The van der Waals surface area contributed by atoms with Crippen LogP contribution in [0.3, 0.4) is 0 Å². The molecule has 1 N–H and O–H groups in total. The molecule has 0 spiro atoms. The molecule has 0 radical (unpaired) electrons. The van der Waals surface area contributed by atoms with Crippen molar-refractivity contribution in [2.24, 2.45) is 4.99 Å². The molecule has 3 aromatic rings. The molecular weight excluding hydrogens is 372 g/mol. The van der Waals surface area contributed by atoms with E-state index in [1.807, 2.05) is 18.2 Å². The lowest BCUT2D eigenvalue weighted by molar-refractivity contribution is -0.140. The van der Waals surface area contributed by atoms with E-state index in [0.29, 0.717) is 15.4 Å². The number of thiazole rings is 1. The van der Waals surface area contributed by atoms with Crippen LogP contribution >= 0.6 is 22.9 Å². The lowest BCUT2D eigenvalue weighted by Gasteiger charge is -2.10. The smallest absolute Gasteiger partial charge is 0.326 e. The third kappa shape index (κ3) is 3.57. The number of carbonyl (C=O) groups is 2. The summed E-state index contributed by atoms with van der Waals surface area (Å²) in [5.74, 6) is -1.44. The zero-order valence-electron chi connectivity index (χ0n) is 14.3. The molecule has 7 heteroatoms. The Bertz CT molecular complexity index is 1070. The minimum atomic E-state index is -0.985. The summed E-state index contributed by atoms with van der Waals surface area (Å²) in [7, 11) is 0. The number of halogens is 1. The highest BCUT2D eigenvalue weighted by Gasteiger charge is 2.19. The maximum Gasteiger partial charge on any atom is 0.326 e. The second-order valence-electron chi connectivity index (χ2n) is 5.85. The number of benzene rings is 2. The van der Waals surface area contributed by atoms with Gasteiger partial charge in [0.25, 0.3) is 5.91 Å². The SMILES string of the molecule is CCc1ccc2c(c1)s/c(=N\C(=O)c1cccc(Cl)c1)n2C(C)C(=O)O. The average Bonchev–Trinajstić information content (AvgIpc) is 2.97. The number of amides is 1. The second-order valence-corrected chi connectivity index (χ2v) is 7.30. The van der Waals surface area contributed by atoms with Gasteiger partial charge in [-0.25, -0.2) is 4.79 Å². The highest BCUT2D eigenvalue weighted by Crippen LogP contribution is 2.23. The standard InChI is InChI=1S/C19H17ClN2O3S/c1-3-12-7-8-15-16(9-12)26-19(22(15)11(2)18(24)25)21-17(23)13-5-4-6-14(20)10-13/h4-11H,3H2,1-2H3,(H,24,25)/b21-19-. The molecule has 1 heterocycles. The van der Waals surface area contributed by atoms with Gasteiger partial charge in [-0.05, 0) is 49.2 Å². The Labute approximate surface area is 159 Å². The Hall–Kier alpha value is -2.44. The van der Waals surface area contributed by atoms with Gasteiger partial charge in [0.2, 0.25) is 0 Å². The van der Waals surface area contributed by atoms with Crippen molar-refractivity contribution >= 4 is 45.0 Å². The van der Waals surface area contributed by atoms with E-state index in [1.54, 1.807) is 35.8 Å². The molecule has 3 rings (SSSR count). The van der Waals surface area contributed by atoms with Gasteiger partial charge in [-0.1, -0.05) is 42.0 Å². The predicted molar refractivity (Wildman–Crippen MR) is 103 cm³/mol. The van der Waals surface area contributed by atoms with Crippen molar-refractivity contribution in [3.8, 4) is 0 Å². The van der Waals surface area contributed by atoms with Crippen LogP contribution in [0.4, 0.5) is 0 Å². The molecule has 0 saturated carbocycles. The summed E-state index contributed by atoms with van der Waals surface area (Å²) in [6, 6.07) is 11.5. The Morgan fingerprint density at radius 1 is 1.27 bits per heavy atom. The minimum absolute atomic E-state index is 0.355. The molecule has 5 nitrogen and oxygen atoms in total. The summed E-state index contributed by atoms with van der Waals surface area (Å²) in [6.07, 6.45) is 0.871. The van der Waals surface area contributed by atoms with Crippen molar-refractivity contribution in [3.05, 3.63) is 63.4 Å². The summed E-state index contributed by atoms with van der Waals surface area (Å²) in [4.78, 5) is 28.6. The molecule has 0 aliphatic rings. The summed E-state index contributed by atoms with van der Waals surface area (Å²) < 4.78 is 2.49. The quantitative estimate of drug-likeness (QED) is 0.724. The first-order valence-corrected chi connectivity index (χ1v) is 9.31. The van der Waals surface area contributed by atoms with Crippen molar-refractivity contribution in [1.29, 1.82) is 0 Å². The van der Waals surface area contributed by atoms with Crippen molar-refractivity contribution in [2.45, 2.75) is 26.3 Å². The molecule has 0 aliphatic heterocycles. The number of carboxylic acid groups (broad SMARTS) is 1. The third-order valence-corrected chi connectivity index (χ3v) is 5.37. The van der Waals surface area contributed by atoms with Gasteiger partial charge in [0, 0.05) is 10.6 Å². The Morgan fingerprint density at radius 3 is 2.69 bits per heavy atom. The zero-order chi connectivity index (χ0) is 18.8. The fourth-order valence-corrected chi connectivity index (χ4v) is 4.00. The summed E-state index contributed by atoms with van der Waals surface area (Å²) in [6.45, 7) is 3.63. The number of rotatable bonds is 4. The van der Waals surface area contributed by atoms with E-state index >= 15 is 0 Å². The lowest BCUT2D eigenvalue weighted by Crippen LogP contribution is -2.25. The fraction of sp³-hybridized carbons (Fsp3) is 0.211. The zero-order valence-corrected chi connectivity index (χ0v) is 15.8. The molecule has 1 unspecified atom stereocenters. The first-order chi connectivity index (χ1) is 12.4. The van der Waals surface area contributed by atoms with E-state index in [-0.39, 0.29) is 0 Å². The predicted octanol–water partition coefficient (Wildman–Crippen LogP) is 4.31. The Kier molecular flexibility index (Phi) is 5.25. The van der Waals surface area contributed by atoms with Gasteiger partial charge in [0.1, 0.15) is 6.04 Å². The normalized spacial score (nSPS) is 13.1. The molecule has 0 fully saturated rings. The van der Waals surface area contributed by atoms with Crippen molar-refractivity contribution in [1.82, 2.24) is 4.57 Å². The Morgan fingerprint density at radius 2 is 2.04 bits per heavy atom. The molecule has 1 atom stereocenters. The van der Waals surface area contributed by atoms with Crippen LogP contribution in [-0.4, -0.2) is 21.6 Å². The highest BCUT2D eigenvalue weighted by atomic mass is 35.5. The van der Waals surface area contributed by atoms with Crippen molar-refractivity contribution in [3.63, 3.8) is 0 Å². The van der Waals surface area contributed by atoms with Crippen LogP contribution in [0.2, 0.25) is 5.02 Å². The molecule has 134 valence electrons. The molecule has 0 aliphatic carbocycles. The second kappa shape index (κ2) is 7.43. The van der Waals surface area contributed by atoms with Gasteiger partial charge in [-0.2, -0.15) is 4.99 Å². The van der Waals surface area contributed by atoms with Crippen molar-refractivity contribution < 1.29 is 14.7 Å². The van der Waals surface area contributed by atoms with Crippen LogP contribution in [0.15, 0.2) is 47.5 Å². The van der Waals surface area contributed by atoms with Gasteiger partial charge in [0.15, 0.2) is 4.80 Å². The minimum Gasteiger partial charge on any atom is -0.480 e. The monoisotopic (exact) mass is 388 g/mol. The van der Waals surface area contributed by atoms with Gasteiger partial charge in [-0.15, -0.1) is 0 Å². The average molecular weight is 389 g/mol. The summed E-state index contributed by atoms with van der Waals surface area (Å²) in [5.41, 5.74) is 2.25. The first-order valence-electron chi connectivity index (χ1n) is 8.12. The molecule has 2 aromatic carbocycles. The third-order valence-electron chi connectivity index (χ3n) is 4.11. The summed E-state index contributed by atoms with van der Waals surface area (Å²) >= 11 is 7.24. The maximum absolute atomic E-state index is 12.5. The van der Waals surface area contributed by atoms with E-state index in [1.165, 1.54) is 11.3 Å². The van der Waals surface area contributed by atoms with Crippen LogP contribution in [0, 0.1) is 0 Å². The number of aliphatic carboxylic acids is 1. The molecule has 0 saturated heterocycles. The van der Waals surface area contributed by atoms with Gasteiger partial charge in [-0.3, -0.25) is 4.79 Å². The van der Waals surface area contributed by atoms with Gasteiger partial charge in [0.05, 0.1) is 10.2 Å².